The monoisotopic (exact) mass is 703 g/mol. The Morgan fingerprint density at radius 1 is 0.537 bits per heavy atom. The molecule has 11 aromatic rings. The third-order valence-corrected chi connectivity index (χ3v) is 13.3. The lowest BCUT2D eigenvalue weighted by Crippen LogP contribution is -2.12. The molecule has 3 nitrogen and oxygen atoms in total. The van der Waals surface area contributed by atoms with Gasteiger partial charge in [0.15, 0.2) is 0 Å². The highest BCUT2D eigenvalue weighted by Gasteiger charge is 2.39. The van der Waals surface area contributed by atoms with E-state index in [4.69, 9.17) is 9.97 Å². The van der Waals surface area contributed by atoms with Crippen LogP contribution in [0.5, 0.6) is 0 Å². The Kier molecular flexibility index (Phi) is 5.62. The third kappa shape index (κ3) is 3.75. The number of fused-ring (bicyclic) bond motifs is 15. The number of hydrogen-bond donors (Lipinski definition) is 0. The van der Waals surface area contributed by atoms with E-state index in [0.29, 0.717) is 5.95 Å². The van der Waals surface area contributed by atoms with Crippen LogP contribution in [0.2, 0.25) is 0 Å². The van der Waals surface area contributed by atoms with Crippen molar-refractivity contribution in [1.82, 2.24) is 14.5 Å². The molecule has 0 radical (unpaired) electrons. The maximum atomic E-state index is 5.62. The predicted molar refractivity (Wildman–Crippen MR) is 226 cm³/mol. The summed E-state index contributed by atoms with van der Waals surface area (Å²) in [5, 5.41) is 8.70. The number of thiophene rings is 1. The lowest BCUT2D eigenvalue weighted by Gasteiger charge is -2.27. The second-order valence-corrected chi connectivity index (χ2v) is 15.9. The van der Waals surface area contributed by atoms with Crippen LogP contribution in [0.15, 0.2) is 158 Å². The molecule has 0 fully saturated rings. The van der Waals surface area contributed by atoms with E-state index in [0.717, 1.165) is 33.4 Å². The Balaban J connectivity index is 1.19. The van der Waals surface area contributed by atoms with Gasteiger partial charge in [0.1, 0.15) is 0 Å². The standard InChI is InChI=1S/C50H29N3S/c1-2-13-30-25-32(22-21-28(30)11-1)46-49-47(37-18-8-10-20-42(37)54-49)52-50(51-46)53-41-19-9-7-17-35(41)39-27-38-36-24-23-29-12-3-5-15-33(29)43(36)40-26-31-14-4-6-16-34(31)45(44(38)40)48(39)53/h1-25,27,40H,26H2. The number of rotatable bonds is 2. The first kappa shape index (κ1) is 28.9. The molecule has 0 bridgehead atoms. The first-order valence-corrected chi connectivity index (χ1v) is 19.5. The van der Waals surface area contributed by atoms with Crippen LogP contribution in [-0.2, 0) is 6.42 Å². The van der Waals surface area contributed by atoms with Gasteiger partial charge in [-0.1, -0.05) is 133 Å². The van der Waals surface area contributed by atoms with E-state index in [2.05, 4.69) is 162 Å². The van der Waals surface area contributed by atoms with E-state index in [1.807, 2.05) is 0 Å². The molecule has 3 aromatic heterocycles. The molecular weight excluding hydrogens is 675 g/mol. The van der Waals surface area contributed by atoms with Crippen molar-refractivity contribution < 1.29 is 0 Å². The molecule has 54 heavy (non-hydrogen) atoms. The number of benzene rings is 8. The molecule has 3 heterocycles. The maximum Gasteiger partial charge on any atom is 0.235 e. The Bertz CT molecular complexity index is 3440. The minimum Gasteiger partial charge on any atom is -0.277 e. The van der Waals surface area contributed by atoms with Crippen LogP contribution in [0.4, 0.5) is 0 Å². The fraction of sp³-hybridized carbons (Fsp3) is 0.0400. The topological polar surface area (TPSA) is 30.7 Å². The van der Waals surface area contributed by atoms with Gasteiger partial charge in [0.25, 0.3) is 0 Å². The van der Waals surface area contributed by atoms with Crippen molar-refractivity contribution in [2.45, 2.75) is 12.3 Å². The normalized spacial score (nSPS) is 14.4. The van der Waals surface area contributed by atoms with E-state index in [9.17, 15) is 0 Å². The Morgan fingerprint density at radius 2 is 1.28 bits per heavy atom. The molecule has 0 spiro atoms. The van der Waals surface area contributed by atoms with Gasteiger partial charge >= 0.3 is 0 Å². The van der Waals surface area contributed by atoms with Crippen molar-refractivity contribution in [3.63, 3.8) is 0 Å². The highest BCUT2D eigenvalue weighted by molar-refractivity contribution is 7.26. The van der Waals surface area contributed by atoms with Gasteiger partial charge in [-0.25, -0.2) is 9.97 Å². The summed E-state index contributed by atoms with van der Waals surface area (Å²) in [5.41, 5.74) is 15.0. The molecule has 2 aliphatic rings. The zero-order chi connectivity index (χ0) is 35.1. The van der Waals surface area contributed by atoms with Gasteiger partial charge in [0.05, 0.1) is 26.9 Å². The Hall–Kier alpha value is -6.62. The second kappa shape index (κ2) is 10.5. The van der Waals surface area contributed by atoms with Gasteiger partial charge in [-0.2, -0.15) is 0 Å². The van der Waals surface area contributed by atoms with Gasteiger partial charge in [-0.15, -0.1) is 11.3 Å². The molecule has 13 rings (SSSR count). The molecule has 250 valence electrons. The van der Waals surface area contributed by atoms with Crippen LogP contribution < -0.4 is 0 Å². The summed E-state index contributed by atoms with van der Waals surface area (Å²) >= 11 is 1.79. The molecule has 0 N–H and O–H groups in total. The van der Waals surface area contributed by atoms with Crippen molar-refractivity contribution in [3.05, 3.63) is 174 Å². The Labute approximate surface area is 314 Å². The van der Waals surface area contributed by atoms with Crippen LogP contribution in [0, 0.1) is 0 Å². The summed E-state index contributed by atoms with van der Waals surface area (Å²) in [4.78, 5) is 11.2. The zero-order valence-electron chi connectivity index (χ0n) is 29.0. The van der Waals surface area contributed by atoms with Gasteiger partial charge < -0.3 is 0 Å². The summed E-state index contributed by atoms with van der Waals surface area (Å²) in [7, 11) is 0. The van der Waals surface area contributed by atoms with E-state index >= 15 is 0 Å². The van der Waals surface area contributed by atoms with Crippen molar-refractivity contribution in [2.24, 2.45) is 0 Å². The van der Waals surface area contributed by atoms with E-state index in [1.54, 1.807) is 11.3 Å². The number of para-hydroxylation sites is 1. The summed E-state index contributed by atoms with van der Waals surface area (Å²) in [6.07, 6.45) is 0.985. The van der Waals surface area contributed by atoms with Crippen LogP contribution in [0.1, 0.15) is 22.6 Å². The van der Waals surface area contributed by atoms with Crippen molar-refractivity contribution in [3.8, 4) is 39.5 Å². The molecule has 0 aliphatic heterocycles. The molecule has 2 aliphatic carbocycles. The highest BCUT2D eigenvalue weighted by Crippen LogP contribution is 2.58. The number of aromatic nitrogens is 3. The average Bonchev–Trinajstić information content (AvgIpc) is 3.88. The molecular formula is C50H29N3S. The fourth-order valence-corrected chi connectivity index (χ4v) is 11.0. The fourth-order valence-electron chi connectivity index (χ4n) is 9.83. The first-order valence-electron chi connectivity index (χ1n) is 18.7. The van der Waals surface area contributed by atoms with Crippen LogP contribution in [-0.4, -0.2) is 14.5 Å². The van der Waals surface area contributed by atoms with Gasteiger partial charge in [-0.05, 0) is 85.6 Å². The number of nitrogens with zero attached hydrogens (tertiary/aromatic N) is 3. The van der Waals surface area contributed by atoms with E-state index < -0.39 is 0 Å². The predicted octanol–water partition coefficient (Wildman–Crippen LogP) is 13.3. The quantitative estimate of drug-likeness (QED) is 0.179. The highest BCUT2D eigenvalue weighted by atomic mass is 32.1. The summed E-state index contributed by atoms with van der Waals surface area (Å²) in [5.74, 6) is 0.969. The minimum atomic E-state index is 0.263. The molecule has 8 aromatic carbocycles. The van der Waals surface area contributed by atoms with Crippen molar-refractivity contribution in [2.75, 3.05) is 0 Å². The van der Waals surface area contributed by atoms with E-state index in [1.165, 1.54) is 86.9 Å². The largest absolute Gasteiger partial charge is 0.277 e. The smallest absolute Gasteiger partial charge is 0.235 e. The third-order valence-electron chi connectivity index (χ3n) is 12.1. The lowest BCUT2D eigenvalue weighted by atomic mass is 9.76. The van der Waals surface area contributed by atoms with Gasteiger partial charge in [0.2, 0.25) is 5.95 Å². The number of hydrogen-bond acceptors (Lipinski definition) is 3. The molecule has 0 saturated heterocycles. The first-order chi connectivity index (χ1) is 26.8. The second-order valence-electron chi connectivity index (χ2n) is 14.8. The zero-order valence-corrected chi connectivity index (χ0v) is 29.9. The molecule has 4 heteroatoms. The molecule has 0 amide bonds. The SMILES string of the molecule is c1ccc2c(c1)CC1c3c(cc4c5ccccc5n(-c5nc(-c6ccc7ccccc7c6)c6sc7ccccc7c6n5)c4c3-2)-c2ccc3ccccc3c21. The molecule has 1 unspecified atom stereocenters. The van der Waals surface area contributed by atoms with Gasteiger partial charge in [0, 0.05) is 37.9 Å². The van der Waals surface area contributed by atoms with Crippen LogP contribution in [0.3, 0.4) is 0 Å². The summed E-state index contributed by atoms with van der Waals surface area (Å²) in [6, 6.07) is 58.0. The molecule has 1 atom stereocenters. The summed E-state index contributed by atoms with van der Waals surface area (Å²) in [6.45, 7) is 0. The minimum absolute atomic E-state index is 0.263. The maximum absolute atomic E-state index is 5.62. The average molecular weight is 704 g/mol. The van der Waals surface area contributed by atoms with E-state index in [-0.39, 0.29) is 5.92 Å². The summed E-state index contributed by atoms with van der Waals surface area (Å²) < 4.78 is 4.72. The molecule has 0 saturated carbocycles. The van der Waals surface area contributed by atoms with Crippen molar-refractivity contribution >= 4 is 75.0 Å². The van der Waals surface area contributed by atoms with Crippen molar-refractivity contribution in [1.29, 1.82) is 0 Å². The van der Waals surface area contributed by atoms with Gasteiger partial charge in [-0.3, -0.25) is 4.57 Å². The van der Waals surface area contributed by atoms with Crippen LogP contribution >= 0.6 is 11.3 Å². The Morgan fingerprint density at radius 3 is 2.20 bits per heavy atom. The lowest BCUT2D eigenvalue weighted by molar-refractivity contribution is 0.822. The van der Waals surface area contributed by atoms with Crippen LogP contribution in [0.25, 0.3) is 103 Å².